The van der Waals surface area contributed by atoms with E-state index in [0.29, 0.717) is 6.54 Å². The van der Waals surface area contributed by atoms with Gasteiger partial charge in [0.05, 0.1) is 30.3 Å². The highest BCUT2D eigenvalue weighted by atomic mass is 16.2. The zero-order chi connectivity index (χ0) is 26.8. The fourth-order valence-corrected chi connectivity index (χ4v) is 5.24. The predicted molar refractivity (Wildman–Crippen MR) is 159 cm³/mol. The van der Waals surface area contributed by atoms with Gasteiger partial charge >= 0.3 is 0 Å². The number of hydrogen-bond acceptors (Lipinski definition) is 3. The van der Waals surface area contributed by atoms with Crippen molar-refractivity contribution in [2.75, 3.05) is 33.2 Å². The maximum absolute atomic E-state index is 13.9. The molecule has 0 unspecified atom stereocenters. The lowest BCUT2D eigenvalue weighted by atomic mass is 9.97. The first-order chi connectivity index (χ1) is 19.0. The summed E-state index contributed by atoms with van der Waals surface area (Å²) in [6.45, 7) is 5.96. The van der Waals surface area contributed by atoms with Crippen LogP contribution in [0, 0.1) is 6.92 Å². The van der Waals surface area contributed by atoms with E-state index >= 15 is 0 Å². The van der Waals surface area contributed by atoms with Crippen LogP contribution in [0.15, 0.2) is 91.6 Å². The second-order valence-electron chi connectivity index (χ2n) is 10.4. The molecule has 0 spiro atoms. The van der Waals surface area contributed by atoms with Crippen molar-refractivity contribution in [2.45, 2.75) is 13.5 Å². The minimum absolute atomic E-state index is 0.0950. The summed E-state index contributed by atoms with van der Waals surface area (Å²) in [5.41, 5.74) is 6.22. The third-order valence-corrected chi connectivity index (χ3v) is 7.58. The van der Waals surface area contributed by atoms with E-state index in [1.165, 1.54) is 10.9 Å². The minimum atomic E-state index is 0.0950. The Morgan fingerprint density at radius 2 is 1.67 bits per heavy atom. The highest BCUT2D eigenvalue weighted by Gasteiger charge is 2.25. The van der Waals surface area contributed by atoms with Crippen LogP contribution in [0.3, 0.4) is 0 Å². The number of rotatable bonds is 6. The lowest BCUT2D eigenvalue weighted by molar-refractivity contribution is 0.0665. The van der Waals surface area contributed by atoms with E-state index in [1.54, 1.807) is 0 Å². The van der Waals surface area contributed by atoms with Crippen LogP contribution in [0.25, 0.3) is 34.2 Å². The summed E-state index contributed by atoms with van der Waals surface area (Å²) >= 11 is 0. The number of amides is 1. The monoisotopic (exact) mass is 515 g/mol. The summed E-state index contributed by atoms with van der Waals surface area (Å²) in [6.07, 6.45) is 12.0. The summed E-state index contributed by atoms with van der Waals surface area (Å²) in [5.74, 6) is 0.0950. The molecule has 0 saturated carbocycles. The van der Waals surface area contributed by atoms with Crippen molar-refractivity contribution in [1.82, 2.24) is 23.9 Å². The average molecular weight is 516 g/mol. The van der Waals surface area contributed by atoms with Crippen LogP contribution in [-0.4, -0.2) is 63.1 Å². The topological polar surface area (TPSA) is 46.3 Å². The van der Waals surface area contributed by atoms with Crippen LogP contribution in [0.5, 0.6) is 0 Å². The summed E-state index contributed by atoms with van der Waals surface area (Å²) in [5, 5.41) is 2.32. The largest absolute Gasteiger partial charge is 0.347 e. The molecule has 3 heterocycles. The molecule has 196 valence electrons. The molecule has 1 saturated heterocycles. The fourth-order valence-electron chi connectivity index (χ4n) is 5.24. The number of benzene rings is 3. The molecule has 1 fully saturated rings. The molecule has 0 atom stereocenters. The second kappa shape index (κ2) is 10.8. The van der Waals surface area contributed by atoms with Crippen molar-refractivity contribution < 1.29 is 4.79 Å². The maximum atomic E-state index is 13.9. The van der Waals surface area contributed by atoms with Gasteiger partial charge in [0, 0.05) is 50.3 Å². The SMILES string of the molecule is Cc1ccc(C=Cn2cncc2Cn2cc(C(=O)N3CCN(C)CC3)c(-c3cccc4ccccc34)c2)cc1. The lowest BCUT2D eigenvalue weighted by Gasteiger charge is -2.32. The molecule has 0 N–H and O–H groups in total. The Kier molecular flexibility index (Phi) is 6.86. The Morgan fingerprint density at radius 3 is 2.49 bits per heavy atom. The zero-order valence-corrected chi connectivity index (χ0v) is 22.5. The third-order valence-electron chi connectivity index (χ3n) is 7.58. The summed E-state index contributed by atoms with van der Waals surface area (Å²) < 4.78 is 4.16. The molecular weight excluding hydrogens is 482 g/mol. The molecular formula is C33H33N5O. The normalized spacial score (nSPS) is 14.5. The van der Waals surface area contributed by atoms with Crippen LogP contribution in [-0.2, 0) is 6.54 Å². The molecule has 39 heavy (non-hydrogen) atoms. The van der Waals surface area contributed by atoms with E-state index in [0.717, 1.165) is 59.5 Å². The van der Waals surface area contributed by atoms with Crippen LogP contribution in [0.4, 0.5) is 0 Å². The van der Waals surface area contributed by atoms with E-state index in [9.17, 15) is 4.79 Å². The van der Waals surface area contributed by atoms with Gasteiger partial charge in [-0.05, 0) is 41.9 Å². The van der Waals surface area contributed by atoms with Crippen molar-refractivity contribution in [3.63, 3.8) is 0 Å². The Balaban J connectivity index is 1.35. The van der Waals surface area contributed by atoms with E-state index in [1.807, 2.05) is 34.4 Å². The van der Waals surface area contributed by atoms with Gasteiger partial charge in [0.1, 0.15) is 0 Å². The number of fused-ring (bicyclic) bond motifs is 1. The quantitative estimate of drug-likeness (QED) is 0.284. The number of aryl methyl sites for hydroxylation is 1. The number of piperazine rings is 1. The Morgan fingerprint density at radius 1 is 0.897 bits per heavy atom. The van der Waals surface area contributed by atoms with Crippen molar-refractivity contribution in [3.8, 4) is 11.1 Å². The molecule has 6 heteroatoms. The predicted octanol–water partition coefficient (Wildman–Crippen LogP) is 5.88. The molecule has 1 aliphatic heterocycles. The number of imidazole rings is 1. The van der Waals surface area contributed by atoms with Crippen LogP contribution in [0.2, 0.25) is 0 Å². The van der Waals surface area contributed by atoms with E-state index in [2.05, 4.69) is 107 Å². The van der Waals surface area contributed by atoms with Gasteiger partial charge in [-0.2, -0.15) is 0 Å². The first kappa shape index (κ1) is 24.9. The second-order valence-corrected chi connectivity index (χ2v) is 10.4. The number of carbonyl (C=O) groups is 1. The van der Waals surface area contributed by atoms with Gasteiger partial charge in [0.2, 0.25) is 0 Å². The van der Waals surface area contributed by atoms with E-state index < -0.39 is 0 Å². The molecule has 2 aromatic heterocycles. The van der Waals surface area contributed by atoms with Gasteiger partial charge < -0.3 is 18.9 Å². The van der Waals surface area contributed by atoms with Crippen LogP contribution >= 0.6 is 0 Å². The summed E-state index contributed by atoms with van der Waals surface area (Å²) in [6, 6.07) is 23.1. The Bertz CT molecular complexity index is 1630. The van der Waals surface area contributed by atoms with Gasteiger partial charge in [-0.15, -0.1) is 0 Å². The molecule has 5 aromatic rings. The fraction of sp³-hybridized carbons (Fsp3) is 0.212. The number of aromatic nitrogens is 3. The summed E-state index contributed by atoms with van der Waals surface area (Å²) in [4.78, 5) is 22.5. The standard InChI is InChI=1S/C33H33N5O/c1-25-10-12-26(13-11-25)14-15-38-24-34-20-28(38)21-36-22-31(30-9-5-7-27-6-3-4-8-29(27)30)32(23-36)33(39)37-18-16-35(2)17-19-37/h3-15,20,22-24H,16-19,21H2,1-2H3. The highest BCUT2D eigenvalue weighted by molar-refractivity contribution is 6.06. The first-order valence-electron chi connectivity index (χ1n) is 13.5. The number of nitrogens with zero attached hydrogens (tertiary/aromatic N) is 5. The van der Waals surface area contributed by atoms with Crippen molar-refractivity contribution >= 4 is 29.0 Å². The maximum Gasteiger partial charge on any atom is 0.256 e. The van der Waals surface area contributed by atoms with Gasteiger partial charge in [0.25, 0.3) is 5.91 Å². The molecule has 0 radical (unpaired) electrons. The molecule has 6 nitrogen and oxygen atoms in total. The minimum Gasteiger partial charge on any atom is -0.347 e. The molecule has 1 amide bonds. The van der Waals surface area contributed by atoms with Crippen LogP contribution < -0.4 is 0 Å². The number of hydrogen-bond donors (Lipinski definition) is 0. The molecule has 3 aromatic carbocycles. The van der Waals surface area contributed by atoms with Crippen molar-refractivity contribution in [3.05, 3.63) is 114 Å². The Labute approximate surface area is 229 Å². The molecule has 6 rings (SSSR count). The first-order valence-corrected chi connectivity index (χ1v) is 13.5. The number of carbonyl (C=O) groups excluding carboxylic acids is 1. The van der Waals surface area contributed by atoms with Gasteiger partial charge in [-0.1, -0.05) is 72.3 Å². The summed E-state index contributed by atoms with van der Waals surface area (Å²) in [7, 11) is 2.11. The molecule has 1 aliphatic rings. The molecule has 0 aliphatic carbocycles. The zero-order valence-electron chi connectivity index (χ0n) is 22.5. The smallest absolute Gasteiger partial charge is 0.256 e. The van der Waals surface area contributed by atoms with Crippen LogP contribution in [0.1, 0.15) is 27.2 Å². The molecule has 0 bridgehead atoms. The van der Waals surface area contributed by atoms with Gasteiger partial charge in [-0.25, -0.2) is 4.98 Å². The Hall–Kier alpha value is -4.42. The van der Waals surface area contributed by atoms with Crippen molar-refractivity contribution in [2.24, 2.45) is 0 Å². The van der Waals surface area contributed by atoms with E-state index in [4.69, 9.17) is 0 Å². The third kappa shape index (κ3) is 5.29. The van der Waals surface area contributed by atoms with Crippen molar-refractivity contribution in [1.29, 1.82) is 0 Å². The van der Waals surface area contributed by atoms with Gasteiger partial charge in [0.15, 0.2) is 0 Å². The average Bonchev–Trinajstić information content (AvgIpc) is 3.59. The van der Waals surface area contributed by atoms with Gasteiger partial charge in [-0.3, -0.25) is 4.79 Å². The lowest BCUT2D eigenvalue weighted by Crippen LogP contribution is -2.47. The number of likely N-dealkylation sites (N-methyl/N-ethyl adjacent to an activating group) is 1. The van der Waals surface area contributed by atoms with E-state index in [-0.39, 0.29) is 5.91 Å². The highest BCUT2D eigenvalue weighted by Crippen LogP contribution is 2.33.